The Morgan fingerprint density at radius 1 is 1.32 bits per heavy atom. The third kappa shape index (κ3) is 3.66. The summed E-state index contributed by atoms with van der Waals surface area (Å²) in [5.41, 5.74) is -1.12. The van der Waals surface area contributed by atoms with Crippen molar-refractivity contribution in [3.63, 3.8) is 0 Å². The van der Waals surface area contributed by atoms with Crippen molar-refractivity contribution in [3.8, 4) is 0 Å². The van der Waals surface area contributed by atoms with Crippen LogP contribution in [0.4, 0.5) is 4.39 Å². The number of amides is 1. The lowest BCUT2D eigenvalue weighted by Gasteiger charge is -2.35. The number of halogens is 2. The first-order valence-electron chi connectivity index (χ1n) is 7.43. The molecular formula is C16H19BrFNO3. The normalized spacial score (nSPS) is 16.9. The average molecular weight is 372 g/mol. The Labute approximate surface area is 137 Å². The van der Waals surface area contributed by atoms with E-state index in [1.807, 2.05) is 0 Å². The molecule has 2 rings (SSSR count). The molecule has 0 aliphatic heterocycles. The van der Waals surface area contributed by atoms with Crippen molar-refractivity contribution in [2.45, 2.75) is 44.6 Å². The van der Waals surface area contributed by atoms with Crippen LogP contribution in [-0.4, -0.2) is 24.0 Å². The molecule has 1 saturated carbocycles. The first-order chi connectivity index (χ1) is 10.5. The lowest BCUT2D eigenvalue weighted by atomic mass is 9.81. The number of esters is 1. The summed E-state index contributed by atoms with van der Waals surface area (Å²) in [5.74, 6) is -1.64. The van der Waals surface area contributed by atoms with Gasteiger partial charge in [0, 0.05) is 4.47 Å². The van der Waals surface area contributed by atoms with Crippen molar-refractivity contribution in [1.29, 1.82) is 0 Å². The van der Waals surface area contributed by atoms with Crippen LogP contribution in [0.2, 0.25) is 0 Å². The van der Waals surface area contributed by atoms with Crippen LogP contribution in [0.3, 0.4) is 0 Å². The smallest absolute Gasteiger partial charge is 0.331 e. The highest BCUT2D eigenvalue weighted by Crippen LogP contribution is 2.30. The molecule has 1 fully saturated rings. The molecule has 4 nitrogen and oxygen atoms in total. The van der Waals surface area contributed by atoms with Gasteiger partial charge < -0.3 is 10.1 Å². The minimum absolute atomic E-state index is 0.0800. The molecule has 1 N–H and O–H groups in total. The molecule has 0 bridgehead atoms. The van der Waals surface area contributed by atoms with Gasteiger partial charge in [-0.15, -0.1) is 0 Å². The van der Waals surface area contributed by atoms with E-state index in [0.29, 0.717) is 17.3 Å². The van der Waals surface area contributed by atoms with Crippen molar-refractivity contribution < 1.29 is 18.7 Å². The van der Waals surface area contributed by atoms with Crippen LogP contribution < -0.4 is 5.32 Å². The first-order valence-corrected chi connectivity index (χ1v) is 8.22. The Balaban J connectivity index is 2.24. The zero-order chi connectivity index (χ0) is 16.2. The molecule has 0 aromatic heterocycles. The number of hydrogen-bond acceptors (Lipinski definition) is 3. The number of ether oxygens (including phenoxy) is 1. The van der Waals surface area contributed by atoms with E-state index in [0.717, 1.165) is 19.3 Å². The number of hydrogen-bond donors (Lipinski definition) is 1. The molecule has 0 radical (unpaired) electrons. The molecule has 0 spiro atoms. The van der Waals surface area contributed by atoms with Gasteiger partial charge in [-0.3, -0.25) is 4.79 Å². The second-order valence-corrected chi connectivity index (χ2v) is 6.36. The molecule has 6 heteroatoms. The predicted molar refractivity (Wildman–Crippen MR) is 84.0 cm³/mol. The van der Waals surface area contributed by atoms with E-state index in [9.17, 15) is 14.0 Å². The minimum Gasteiger partial charge on any atom is -0.464 e. The molecule has 1 aliphatic carbocycles. The zero-order valence-electron chi connectivity index (χ0n) is 12.5. The van der Waals surface area contributed by atoms with Crippen LogP contribution in [0.5, 0.6) is 0 Å². The number of carbonyl (C=O) groups excluding carboxylic acids is 2. The fraction of sp³-hybridized carbons (Fsp3) is 0.500. The Kier molecular flexibility index (Phi) is 5.56. The second kappa shape index (κ2) is 7.22. The summed E-state index contributed by atoms with van der Waals surface area (Å²) in [5, 5.41) is 2.73. The van der Waals surface area contributed by atoms with Crippen molar-refractivity contribution in [1.82, 2.24) is 5.32 Å². The van der Waals surface area contributed by atoms with E-state index in [2.05, 4.69) is 21.2 Å². The van der Waals surface area contributed by atoms with Crippen LogP contribution in [0.15, 0.2) is 22.7 Å². The third-order valence-electron chi connectivity index (χ3n) is 3.90. The van der Waals surface area contributed by atoms with E-state index in [4.69, 9.17) is 4.74 Å². The lowest BCUT2D eigenvalue weighted by Crippen LogP contribution is -2.56. The zero-order valence-corrected chi connectivity index (χ0v) is 14.0. The fourth-order valence-corrected chi connectivity index (χ4v) is 3.12. The predicted octanol–water partition coefficient (Wildman–Crippen LogP) is 3.58. The highest BCUT2D eigenvalue weighted by molar-refractivity contribution is 9.10. The summed E-state index contributed by atoms with van der Waals surface area (Å²) >= 11 is 3.22. The Bertz CT molecular complexity index is 571. The molecule has 0 heterocycles. The van der Waals surface area contributed by atoms with Gasteiger partial charge in [0.1, 0.15) is 11.4 Å². The van der Waals surface area contributed by atoms with E-state index in [1.54, 1.807) is 6.92 Å². The molecule has 1 amide bonds. The van der Waals surface area contributed by atoms with Gasteiger partial charge in [0.2, 0.25) is 0 Å². The molecular weight excluding hydrogens is 353 g/mol. The Morgan fingerprint density at radius 3 is 2.64 bits per heavy atom. The Hall–Kier alpha value is -1.43. The molecule has 0 unspecified atom stereocenters. The molecule has 120 valence electrons. The number of benzene rings is 1. The minimum atomic E-state index is -1.04. The fourth-order valence-electron chi connectivity index (χ4n) is 2.76. The molecule has 1 aliphatic rings. The van der Waals surface area contributed by atoms with Gasteiger partial charge in [-0.25, -0.2) is 9.18 Å². The summed E-state index contributed by atoms with van der Waals surface area (Å²) in [6.07, 6.45) is 3.72. The largest absolute Gasteiger partial charge is 0.464 e. The van der Waals surface area contributed by atoms with Crippen molar-refractivity contribution in [3.05, 3.63) is 34.1 Å². The molecule has 1 aromatic rings. The summed E-state index contributed by atoms with van der Waals surface area (Å²) in [6.45, 7) is 1.98. The standard InChI is InChI=1S/C16H19BrFNO3/c1-2-22-15(21)16(8-4-3-5-9-16)19-14(20)12-10-11(17)6-7-13(12)18/h6-7,10H,2-5,8-9H2,1H3,(H,19,20). The molecule has 0 atom stereocenters. The van der Waals surface area contributed by atoms with Gasteiger partial charge in [-0.2, -0.15) is 0 Å². The monoisotopic (exact) mass is 371 g/mol. The third-order valence-corrected chi connectivity index (χ3v) is 4.39. The van der Waals surface area contributed by atoms with Crippen LogP contribution >= 0.6 is 15.9 Å². The van der Waals surface area contributed by atoms with Crippen molar-refractivity contribution >= 4 is 27.8 Å². The summed E-state index contributed by atoms with van der Waals surface area (Å²) in [7, 11) is 0. The molecule has 0 saturated heterocycles. The van der Waals surface area contributed by atoms with E-state index < -0.39 is 23.2 Å². The maximum atomic E-state index is 13.9. The lowest BCUT2D eigenvalue weighted by molar-refractivity contribution is -0.152. The number of rotatable bonds is 4. The van der Waals surface area contributed by atoms with Gasteiger partial charge in [0.05, 0.1) is 12.2 Å². The van der Waals surface area contributed by atoms with Gasteiger partial charge >= 0.3 is 5.97 Å². The number of carbonyl (C=O) groups is 2. The average Bonchev–Trinajstić information content (AvgIpc) is 2.50. The summed E-state index contributed by atoms with van der Waals surface area (Å²) in [6, 6.07) is 4.15. The molecule has 22 heavy (non-hydrogen) atoms. The van der Waals surface area contributed by atoms with Gasteiger partial charge in [0.15, 0.2) is 0 Å². The van der Waals surface area contributed by atoms with Crippen LogP contribution in [0, 0.1) is 5.82 Å². The van der Waals surface area contributed by atoms with Gasteiger partial charge in [0.25, 0.3) is 5.91 Å². The highest BCUT2D eigenvalue weighted by atomic mass is 79.9. The highest BCUT2D eigenvalue weighted by Gasteiger charge is 2.42. The maximum Gasteiger partial charge on any atom is 0.331 e. The number of nitrogens with one attached hydrogen (secondary N) is 1. The topological polar surface area (TPSA) is 55.4 Å². The van der Waals surface area contributed by atoms with Gasteiger partial charge in [-0.05, 0) is 38.0 Å². The van der Waals surface area contributed by atoms with Crippen LogP contribution in [0.25, 0.3) is 0 Å². The quantitative estimate of drug-likeness (QED) is 0.822. The maximum absolute atomic E-state index is 13.9. The van der Waals surface area contributed by atoms with Crippen LogP contribution in [-0.2, 0) is 9.53 Å². The Morgan fingerprint density at radius 2 is 2.00 bits per heavy atom. The van der Waals surface area contributed by atoms with Crippen molar-refractivity contribution in [2.75, 3.05) is 6.61 Å². The first kappa shape index (κ1) is 16.9. The van der Waals surface area contributed by atoms with E-state index >= 15 is 0 Å². The van der Waals surface area contributed by atoms with Crippen molar-refractivity contribution in [2.24, 2.45) is 0 Å². The van der Waals surface area contributed by atoms with E-state index in [1.165, 1.54) is 18.2 Å². The van der Waals surface area contributed by atoms with Crippen LogP contribution in [0.1, 0.15) is 49.4 Å². The second-order valence-electron chi connectivity index (χ2n) is 5.44. The van der Waals surface area contributed by atoms with Gasteiger partial charge in [-0.1, -0.05) is 35.2 Å². The SMILES string of the molecule is CCOC(=O)C1(NC(=O)c2cc(Br)ccc2F)CCCCC1. The molecule has 1 aromatic carbocycles. The summed E-state index contributed by atoms with van der Waals surface area (Å²) in [4.78, 5) is 24.7. The summed E-state index contributed by atoms with van der Waals surface area (Å²) < 4.78 is 19.6. The van der Waals surface area contributed by atoms with E-state index in [-0.39, 0.29) is 12.2 Å².